The van der Waals surface area contributed by atoms with Gasteiger partial charge >= 0.3 is 59.1 Å². The second kappa shape index (κ2) is 12.2. The molecule has 1 fully saturated rings. The molecule has 12 nitrogen and oxygen atoms in total. The third kappa shape index (κ3) is 6.61. The first-order valence-corrected chi connectivity index (χ1v) is 11.0. The van der Waals surface area contributed by atoms with Gasteiger partial charge in [0.15, 0.2) is 28.4 Å². The number of aromatic nitrogens is 4. The van der Waals surface area contributed by atoms with E-state index in [1.165, 1.54) is 22.7 Å². The molecule has 2 aromatic heterocycles. The van der Waals surface area contributed by atoms with Gasteiger partial charge in [-0.3, -0.25) is 4.57 Å². The van der Waals surface area contributed by atoms with Crippen molar-refractivity contribution in [2.45, 2.75) is 49.5 Å². The molecule has 16 heteroatoms. The Morgan fingerprint density at radius 3 is 2.67 bits per heavy atom. The molecule has 3 heterocycles. The molecule has 0 spiro atoms. The van der Waals surface area contributed by atoms with Gasteiger partial charge in [-0.25, -0.2) is 15.0 Å². The smallest absolute Gasteiger partial charge is 0.790 e. The van der Waals surface area contributed by atoms with Crippen LogP contribution in [0.5, 0.6) is 0 Å². The third-order valence-corrected chi connectivity index (χ3v) is 5.69. The average molecular weight is 479 g/mol. The van der Waals surface area contributed by atoms with E-state index in [1.54, 1.807) is 0 Å². The van der Waals surface area contributed by atoms with E-state index in [9.17, 15) is 24.6 Å². The standard InChI is InChI=1S/C14H22N5O7PS.2Na/c1-2-3-4-28-14-18-8-11(15)16-6-17-12(8)19(14)13-10(21)9(20)7(26-13)5-25-27(22,23)24;;/h6-7,9-10,13,20-21H,2-5H2,1H3,(H2,15,16,17)(H2,22,23,24);;/q;2*+1/p-2. The fraction of sp³-hybridized carbons (Fsp3) is 0.643. The zero-order valence-corrected chi connectivity index (χ0v) is 22.6. The Morgan fingerprint density at radius 1 is 1.33 bits per heavy atom. The predicted octanol–water partition coefficient (Wildman–Crippen LogP) is -7.23. The molecule has 1 aliphatic heterocycles. The molecule has 30 heavy (non-hydrogen) atoms. The number of hydrogen-bond donors (Lipinski definition) is 3. The van der Waals surface area contributed by atoms with Crippen LogP contribution in [0.2, 0.25) is 0 Å². The molecular weight excluding hydrogens is 459 g/mol. The molecule has 0 amide bonds. The van der Waals surface area contributed by atoms with Gasteiger partial charge in [0.2, 0.25) is 0 Å². The summed E-state index contributed by atoms with van der Waals surface area (Å²) in [5.74, 6) is 0.883. The zero-order chi connectivity index (χ0) is 20.5. The molecule has 4 N–H and O–H groups in total. The minimum absolute atomic E-state index is 0. The number of aliphatic hydroxyl groups excluding tert-OH is 2. The number of aliphatic hydroxyl groups is 2. The van der Waals surface area contributed by atoms with Gasteiger partial charge in [0, 0.05) is 5.75 Å². The van der Waals surface area contributed by atoms with Crippen LogP contribution in [0.4, 0.5) is 5.82 Å². The first kappa shape index (κ1) is 28.7. The van der Waals surface area contributed by atoms with Crippen LogP contribution in [0.1, 0.15) is 26.0 Å². The maximum Gasteiger partial charge on any atom is 1.00 e. The summed E-state index contributed by atoms with van der Waals surface area (Å²) in [5, 5.41) is 21.1. The maximum atomic E-state index is 10.7. The summed E-state index contributed by atoms with van der Waals surface area (Å²) in [7, 11) is -5.25. The molecule has 0 aliphatic carbocycles. The monoisotopic (exact) mass is 479 g/mol. The van der Waals surface area contributed by atoms with Crippen LogP contribution in [0.3, 0.4) is 0 Å². The molecule has 2 aromatic rings. The van der Waals surface area contributed by atoms with E-state index >= 15 is 0 Å². The number of anilines is 1. The van der Waals surface area contributed by atoms with Gasteiger partial charge in [0.1, 0.15) is 24.6 Å². The van der Waals surface area contributed by atoms with Crippen molar-refractivity contribution in [2.24, 2.45) is 0 Å². The van der Waals surface area contributed by atoms with Crippen LogP contribution in [-0.2, 0) is 13.8 Å². The first-order chi connectivity index (χ1) is 13.2. The number of phosphoric acid groups is 1. The van der Waals surface area contributed by atoms with E-state index < -0.39 is 39.0 Å². The Hall–Kier alpha value is 0.690. The molecule has 1 aliphatic rings. The summed E-state index contributed by atoms with van der Waals surface area (Å²) >= 11 is 1.40. The van der Waals surface area contributed by atoms with Crippen LogP contribution in [0, 0.1) is 0 Å². The van der Waals surface area contributed by atoms with Gasteiger partial charge in [-0.2, -0.15) is 0 Å². The quantitative estimate of drug-likeness (QED) is 0.140. The van der Waals surface area contributed by atoms with E-state index in [2.05, 4.69) is 19.5 Å². The summed E-state index contributed by atoms with van der Waals surface area (Å²) in [4.78, 5) is 33.9. The van der Waals surface area contributed by atoms with Crippen molar-refractivity contribution in [3.8, 4) is 0 Å². The molecule has 156 valence electrons. The third-order valence-electron chi connectivity index (χ3n) is 4.19. The van der Waals surface area contributed by atoms with Crippen LogP contribution in [-0.4, -0.2) is 60.4 Å². The topological polar surface area (TPSA) is 192 Å². The maximum absolute atomic E-state index is 10.7. The van der Waals surface area contributed by atoms with E-state index in [0.717, 1.165) is 18.6 Å². The molecule has 0 bridgehead atoms. The Bertz CT molecular complexity index is 888. The molecular formula is C14H20N5Na2O7PS. The molecule has 3 rings (SSSR count). The van der Waals surface area contributed by atoms with Crippen molar-refractivity contribution >= 4 is 36.6 Å². The number of hydrogen-bond acceptors (Lipinski definition) is 12. The Balaban J connectivity index is 0.00000225. The van der Waals surface area contributed by atoms with Gasteiger partial charge in [0.05, 0.1) is 14.4 Å². The Morgan fingerprint density at radius 2 is 2.03 bits per heavy atom. The van der Waals surface area contributed by atoms with Crippen molar-refractivity contribution in [3.05, 3.63) is 6.33 Å². The number of rotatable bonds is 8. The average Bonchev–Trinajstić information content (AvgIpc) is 3.12. The summed E-state index contributed by atoms with van der Waals surface area (Å²) in [5.41, 5.74) is 6.48. The van der Waals surface area contributed by atoms with Gasteiger partial charge in [-0.1, -0.05) is 25.1 Å². The van der Waals surface area contributed by atoms with Gasteiger partial charge < -0.3 is 39.6 Å². The molecule has 1 saturated heterocycles. The minimum atomic E-state index is -5.25. The second-order valence-corrected chi connectivity index (χ2v) is 8.40. The van der Waals surface area contributed by atoms with Gasteiger partial charge in [0.25, 0.3) is 0 Å². The molecule has 4 atom stereocenters. The van der Waals surface area contributed by atoms with Crippen LogP contribution >= 0.6 is 19.6 Å². The summed E-state index contributed by atoms with van der Waals surface area (Å²) in [6.07, 6.45) is -2.16. The van der Waals surface area contributed by atoms with E-state index in [0.29, 0.717) is 16.3 Å². The van der Waals surface area contributed by atoms with Gasteiger partial charge in [-0.05, 0) is 6.42 Å². The number of nitrogen functional groups attached to an aromatic ring is 1. The molecule has 0 radical (unpaired) electrons. The summed E-state index contributed by atoms with van der Waals surface area (Å²) in [6, 6.07) is 0. The molecule has 0 saturated carbocycles. The summed E-state index contributed by atoms with van der Waals surface area (Å²) < 4.78 is 22.0. The number of phosphoric ester groups is 1. The van der Waals surface area contributed by atoms with Gasteiger partial charge in [-0.15, -0.1) is 0 Å². The fourth-order valence-electron chi connectivity index (χ4n) is 2.79. The normalized spacial score (nSPS) is 23.9. The van der Waals surface area contributed by atoms with Crippen molar-refractivity contribution < 1.29 is 92.9 Å². The number of thioether (sulfide) groups is 1. The largest absolute Gasteiger partial charge is 1.00 e. The number of ether oxygens (including phenoxy) is 1. The minimum Gasteiger partial charge on any atom is -0.790 e. The zero-order valence-electron chi connectivity index (χ0n) is 16.9. The summed E-state index contributed by atoms with van der Waals surface area (Å²) in [6.45, 7) is 1.32. The number of nitrogens with zero attached hydrogens (tertiary/aromatic N) is 4. The van der Waals surface area contributed by atoms with E-state index in [1.807, 2.05) is 6.92 Å². The number of imidazole rings is 1. The van der Waals surface area contributed by atoms with E-state index in [4.69, 9.17) is 10.5 Å². The molecule has 4 unspecified atom stereocenters. The van der Waals surface area contributed by atoms with Crippen molar-refractivity contribution in [3.63, 3.8) is 0 Å². The SMILES string of the molecule is CCCCSc1nc2c(N)ncnc2n1C1OC(COP(=O)([O-])[O-])C(O)C1O.[Na+].[Na+]. The van der Waals surface area contributed by atoms with Crippen molar-refractivity contribution in [1.29, 1.82) is 0 Å². The Kier molecular flexibility index (Phi) is 11.7. The van der Waals surface area contributed by atoms with E-state index in [-0.39, 0.29) is 64.9 Å². The fourth-order valence-corrected chi connectivity index (χ4v) is 4.22. The second-order valence-electron chi connectivity index (χ2n) is 6.19. The predicted molar refractivity (Wildman–Crippen MR) is 94.8 cm³/mol. The van der Waals surface area contributed by atoms with Crippen LogP contribution < -0.4 is 74.6 Å². The van der Waals surface area contributed by atoms with Crippen LogP contribution in [0.25, 0.3) is 11.2 Å². The van der Waals surface area contributed by atoms with Crippen molar-refractivity contribution in [2.75, 3.05) is 18.1 Å². The molecule has 0 aromatic carbocycles. The number of nitrogens with two attached hydrogens (primary N) is 1. The van der Waals surface area contributed by atoms with Crippen molar-refractivity contribution in [1.82, 2.24) is 19.5 Å². The Labute approximate surface area is 221 Å². The van der Waals surface area contributed by atoms with Crippen LogP contribution in [0.15, 0.2) is 11.5 Å². The number of fused-ring (bicyclic) bond motifs is 1. The number of unbranched alkanes of at least 4 members (excludes halogenated alkanes) is 1. The first-order valence-electron chi connectivity index (χ1n) is 8.52.